The number of hydrogen-bond donors (Lipinski definition) is 1. The Labute approximate surface area is 227 Å². The lowest BCUT2D eigenvalue weighted by Gasteiger charge is -2.36. The van der Waals surface area contributed by atoms with Crippen LogP contribution in [0.1, 0.15) is 42.1 Å². The predicted molar refractivity (Wildman–Crippen MR) is 138 cm³/mol. The number of H-pyrrole nitrogens is 1. The van der Waals surface area contributed by atoms with E-state index in [1.165, 1.54) is 49.1 Å². The number of sulfone groups is 1. The summed E-state index contributed by atoms with van der Waals surface area (Å²) in [5.41, 5.74) is -0.780. The molecule has 3 aromatic rings. The second-order valence-electron chi connectivity index (χ2n) is 9.35. The van der Waals surface area contributed by atoms with Gasteiger partial charge in [0.1, 0.15) is 15.9 Å². The fourth-order valence-electron chi connectivity index (χ4n) is 4.66. The highest BCUT2D eigenvalue weighted by Crippen LogP contribution is 2.43. The number of aromatic amines is 1. The molecular weight excluding hydrogens is 551 g/mol. The Morgan fingerprint density at radius 2 is 1.95 bits per heavy atom. The van der Waals surface area contributed by atoms with Gasteiger partial charge in [-0.05, 0) is 61.7 Å². The number of nitrogens with one attached hydrogen (secondary N) is 1. The maximum Gasteiger partial charge on any atom is 0.416 e. The minimum absolute atomic E-state index is 0.0156. The summed E-state index contributed by atoms with van der Waals surface area (Å²) in [5, 5.41) is 14.9. The molecule has 1 unspecified atom stereocenters. The number of nitriles is 1. The molecule has 0 saturated heterocycles. The minimum Gasteiger partial charge on any atom is -0.466 e. The number of allylic oxidation sites excluding steroid dienone is 1. The average molecular weight is 576 g/mol. The lowest BCUT2D eigenvalue weighted by Crippen LogP contribution is -2.38. The third kappa shape index (κ3) is 5.12. The number of anilines is 2. The Hall–Kier alpha value is -4.38. The van der Waals surface area contributed by atoms with Gasteiger partial charge < -0.3 is 4.74 Å². The Morgan fingerprint density at radius 1 is 1.25 bits per heavy atom. The molecule has 0 fully saturated rings. The number of rotatable bonds is 6. The van der Waals surface area contributed by atoms with Gasteiger partial charge in [-0.15, -0.1) is 5.10 Å². The summed E-state index contributed by atoms with van der Waals surface area (Å²) < 4.78 is 71.2. The average Bonchev–Trinajstić information content (AvgIpc) is 3.27. The summed E-state index contributed by atoms with van der Waals surface area (Å²) in [4.78, 5) is 27.6. The van der Waals surface area contributed by atoms with Gasteiger partial charge in [0, 0.05) is 17.6 Å². The molecule has 1 N–H and O–H groups in total. The van der Waals surface area contributed by atoms with E-state index < -0.39 is 44.5 Å². The standard InChI is InChI=1S/C26H24F3N5O5S/c1-14(40(4,37)38)10-17-11-16(13-30)8-9-20(17)22-21(23(35)39-3)15(2)33(24-31-32-25(36)34(22)24)19-7-5-6-18(12-19)26(27,28)29/h5-9,11-12,14,22H,10H2,1-4H3,(H,32,36)/t14-,22?/m1/s1. The molecule has 2 atom stereocenters. The van der Waals surface area contributed by atoms with Crippen LogP contribution in [0.3, 0.4) is 0 Å². The van der Waals surface area contributed by atoms with E-state index in [4.69, 9.17) is 4.74 Å². The fourth-order valence-corrected chi connectivity index (χ4v) is 5.14. The van der Waals surface area contributed by atoms with Crippen molar-refractivity contribution < 1.29 is 31.1 Å². The molecule has 0 radical (unpaired) electrons. The number of fused-ring (bicyclic) bond motifs is 1. The summed E-state index contributed by atoms with van der Waals surface area (Å²) in [5.74, 6) is -0.976. The van der Waals surface area contributed by atoms with E-state index in [0.717, 1.165) is 30.1 Å². The largest absolute Gasteiger partial charge is 0.466 e. The number of aromatic nitrogens is 3. The van der Waals surface area contributed by atoms with Gasteiger partial charge in [0.25, 0.3) is 0 Å². The van der Waals surface area contributed by atoms with Crippen LogP contribution in [0.2, 0.25) is 0 Å². The summed E-state index contributed by atoms with van der Waals surface area (Å²) in [6.07, 6.45) is -3.63. The van der Waals surface area contributed by atoms with Crippen molar-refractivity contribution in [2.45, 2.75) is 37.7 Å². The molecule has 0 bridgehead atoms. The minimum atomic E-state index is -4.66. The van der Waals surface area contributed by atoms with E-state index in [0.29, 0.717) is 11.1 Å². The van der Waals surface area contributed by atoms with Crippen molar-refractivity contribution in [1.82, 2.24) is 14.8 Å². The first-order valence-corrected chi connectivity index (χ1v) is 13.8. The monoisotopic (exact) mass is 575 g/mol. The Morgan fingerprint density at radius 3 is 2.55 bits per heavy atom. The number of nitrogens with zero attached hydrogens (tertiary/aromatic N) is 4. The lowest BCUT2D eigenvalue weighted by molar-refractivity contribution is -0.138. The topological polar surface area (TPSA) is 138 Å². The third-order valence-corrected chi connectivity index (χ3v) is 8.41. The third-order valence-electron chi connectivity index (χ3n) is 6.78. The van der Waals surface area contributed by atoms with Gasteiger partial charge in [-0.25, -0.2) is 27.7 Å². The quantitative estimate of drug-likeness (QED) is 0.440. The van der Waals surface area contributed by atoms with Crippen molar-refractivity contribution in [2.75, 3.05) is 18.3 Å². The molecule has 10 nitrogen and oxygen atoms in total. The highest BCUT2D eigenvalue weighted by Gasteiger charge is 2.41. The highest BCUT2D eigenvalue weighted by molar-refractivity contribution is 7.91. The van der Waals surface area contributed by atoms with Gasteiger partial charge >= 0.3 is 17.8 Å². The number of methoxy groups -OCH3 is 1. The molecule has 0 spiro atoms. The maximum absolute atomic E-state index is 13.5. The number of esters is 1. The first-order chi connectivity index (χ1) is 18.7. The van der Waals surface area contributed by atoms with Gasteiger partial charge in [-0.1, -0.05) is 12.1 Å². The number of carbonyl (C=O) groups is 1. The van der Waals surface area contributed by atoms with Crippen LogP contribution in [0.5, 0.6) is 0 Å². The molecule has 1 aromatic heterocycles. The summed E-state index contributed by atoms with van der Waals surface area (Å²) >= 11 is 0. The van der Waals surface area contributed by atoms with Crippen LogP contribution in [-0.4, -0.2) is 47.8 Å². The second-order valence-corrected chi connectivity index (χ2v) is 11.8. The van der Waals surface area contributed by atoms with Gasteiger partial charge in [0.2, 0.25) is 5.95 Å². The normalized spacial score (nSPS) is 16.4. The van der Waals surface area contributed by atoms with Gasteiger partial charge in [-0.3, -0.25) is 4.90 Å². The van der Waals surface area contributed by atoms with Crippen LogP contribution in [0.25, 0.3) is 0 Å². The fraction of sp³-hybridized carbons (Fsp3) is 0.308. The zero-order valence-corrected chi connectivity index (χ0v) is 22.6. The number of hydrogen-bond acceptors (Lipinski definition) is 8. The van der Waals surface area contributed by atoms with E-state index in [2.05, 4.69) is 10.2 Å². The highest BCUT2D eigenvalue weighted by atomic mass is 32.2. The smallest absolute Gasteiger partial charge is 0.416 e. The van der Waals surface area contributed by atoms with Crippen molar-refractivity contribution in [3.8, 4) is 6.07 Å². The zero-order valence-electron chi connectivity index (χ0n) is 21.8. The molecule has 210 valence electrons. The Kier molecular flexibility index (Phi) is 7.37. The molecule has 0 amide bonds. The molecule has 14 heteroatoms. The zero-order chi connectivity index (χ0) is 29.6. The molecular formula is C26H24F3N5O5S. The Balaban J connectivity index is 2.03. The van der Waals surface area contributed by atoms with Crippen LogP contribution in [0.4, 0.5) is 24.8 Å². The SMILES string of the molecule is COC(=O)C1=C(C)N(c2cccc(C(F)(F)F)c2)c2n[nH]c(=O)n2C1c1ccc(C#N)cc1C[C@@H](C)S(C)(=O)=O. The van der Waals surface area contributed by atoms with E-state index in [1.54, 1.807) is 0 Å². The van der Waals surface area contributed by atoms with Crippen LogP contribution in [0.15, 0.2) is 58.5 Å². The number of benzene rings is 2. The lowest BCUT2D eigenvalue weighted by atomic mass is 9.88. The molecule has 2 aromatic carbocycles. The van der Waals surface area contributed by atoms with E-state index in [9.17, 15) is 36.4 Å². The summed E-state index contributed by atoms with van der Waals surface area (Å²) in [6, 6.07) is 9.55. The number of halogens is 3. The Bertz CT molecular complexity index is 1730. The predicted octanol–water partition coefficient (Wildman–Crippen LogP) is 3.63. The summed E-state index contributed by atoms with van der Waals surface area (Å²) in [6.45, 7) is 2.97. The molecule has 0 saturated carbocycles. The number of alkyl halides is 3. The molecule has 40 heavy (non-hydrogen) atoms. The number of ether oxygens (including phenoxy) is 1. The molecule has 1 aliphatic rings. The van der Waals surface area contributed by atoms with Crippen molar-refractivity contribution in [3.63, 3.8) is 0 Å². The van der Waals surface area contributed by atoms with Crippen LogP contribution in [0, 0.1) is 11.3 Å². The molecule has 2 heterocycles. The first-order valence-electron chi connectivity index (χ1n) is 11.8. The molecule has 4 rings (SSSR count). The van der Waals surface area contributed by atoms with Gasteiger partial charge in [-0.2, -0.15) is 18.4 Å². The van der Waals surface area contributed by atoms with Crippen molar-refractivity contribution >= 4 is 27.4 Å². The van der Waals surface area contributed by atoms with Crippen LogP contribution < -0.4 is 10.6 Å². The summed E-state index contributed by atoms with van der Waals surface area (Å²) in [7, 11) is -2.39. The molecule has 0 aliphatic carbocycles. The van der Waals surface area contributed by atoms with Crippen LogP contribution >= 0.6 is 0 Å². The van der Waals surface area contributed by atoms with Gasteiger partial charge in [0.05, 0.1) is 35.1 Å². The second kappa shape index (κ2) is 10.3. The molecule has 1 aliphatic heterocycles. The van der Waals surface area contributed by atoms with Crippen molar-refractivity contribution in [3.05, 3.63) is 86.5 Å². The maximum atomic E-state index is 13.5. The van der Waals surface area contributed by atoms with E-state index in [-0.39, 0.29) is 34.9 Å². The first kappa shape index (κ1) is 28.6. The van der Waals surface area contributed by atoms with Gasteiger partial charge in [0.15, 0.2) is 0 Å². The van der Waals surface area contributed by atoms with Crippen LogP contribution in [-0.2, 0) is 32.0 Å². The van der Waals surface area contributed by atoms with E-state index in [1.807, 2.05) is 6.07 Å². The van der Waals surface area contributed by atoms with E-state index >= 15 is 0 Å². The van der Waals surface area contributed by atoms with Crippen molar-refractivity contribution in [2.24, 2.45) is 0 Å². The van der Waals surface area contributed by atoms with Crippen molar-refractivity contribution in [1.29, 1.82) is 5.26 Å². The number of carbonyl (C=O) groups excluding carboxylic acids is 1.